The summed E-state index contributed by atoms with van der Waals surface area (Å²) in [6.45, 7) is 8.19. The lowest BCUT2D eigenvalue weighted by molar-refractivity contribution is 0.0956. The Labute approximate surface area is 181 Å². The highest BCUT2D eigenvalue weighted by Crippen LogP contribution is 2.27. The van der Waals surface area contributed by atoms with Crippen LogP contribution in [-0.4, -0.2) is 17.1 Å². The van der Waals surface area contributed by atoms with Crippen molar-refractivity contribution in [2.45, 2.75) is 33.6 Å². The molecule has 5 nitrogen and oxygen atoms in total. The second-order valence-electron chi connectivity index (χ2n) is 8.00. The van der Waals surface area contributed by atoms with Crippen molar-refractivity contribution in [2.24, 2.45) is 5.10 Å². The molecule has 0 aliphatic carbocycles. The Morgan fingerprint density at radius 3 is 2.48 bits per heavy atom. The number of pyridine rings is 1. The van der Waals surface area contributed by atoms with Crippen LogP contribution in [-0.2, 0) is 0 Å². The molecule has 2 aromatic heterocycles. The fourth-order valence-corrected chi connectivity index (χ4v) is 3.45. The van der Waals surface area contributed by atoms with E-state index in [9.17, 15) is 4.79 Å². The maximum absolute atomic E-state index is 13.0. The van der Waals surface area contributed by atoms with Gasteiger partial charge in [-0.1, -0.05) is 49.7 Å². The summed E-state index contributed by atoms with van der Waals surface area (Å²) in [6, 6.07) is 19.7. The highest BCUT2D eigenvalue weighted by molar-refractivity contribution is 6.07. The van der Waals surface area contributed by atoms with Gasteiger partial charge in [-0.2, -0.15) is 5.10 Å². The quantitative estimate of drug-likeness (QED) is 0.323. The van der Waals surface area contributed by atoms with Crippen molar-refractivity contribution in [3.05, 3.63) is 88.9 Å². The van der Waals surface area contributed by atoms with Crippen LogP contribution in [0.1, 0.15) is 52.8 Å². The topological polar surface area (TPSA) is 67.5 Å². The summed E-state index contributed by atoms with van der Waals surface area (Å²) in [5, 5.41) is 4.85. The summed E-state index contributed by atoms with van der Waals surface area (Å²) in [6.07, 6.45) is 1.49. The molecular formula is C26H25N3O2. The largest absolute Gasteiger partial charge is 0.460 e. The molecule has 0 saturated carbocycles. The van der Waals surface area contributed by atoms with E-state index in [1.807, 2.05) is 44.2 Å². The van der Waals surface area contributed by atoms with E-state index in [0.717, 1.165) is 33.5 Å². The number of benzene rings is 2. The first kappa shape index (κ1) is 20.5. The third-order valence-electron chi connectivity index (χ3n) is 5.20. The minimum absolute atomic E-state index is 0.294. The van der Waals surface area contributed by atoms with Crippen molar-refractivity contribution in [3.8, 4) is 11.3 Å². The van der Waals surface area contributed by atoms with E-state index in [4.69, 9.17) is 9.40 Å². The van der Waals surface area contributed by atoms with Crippen LogP contribution in [0.2, 0.25) is 0 Å². The van der Waals surface area contributed by atoms with Crippen LogP contribution < -0.4 is 5.43 Å². The van der Waals surface area contributed by atoms with Gasteiger partial charge in [-0.05, 0) is 55.7 Å². The summed E-state index contributed by atoms with van der Waals surface area (Å²) in [4.78, 5) is 17.8. The fourth-order valence-electron chi connectivity index (χ4n) is 3.45. The van der Waals surface area contributed by atoms with Crippen LogP contribution in [0.4, 0.5) is 0 Å². The molecule has 0 fully saturated rings. The lowest BCUT2D eigenvalue weighted by atomic mass is 9.99. The average Bonchev–Trinajstić information content (AvgIpc) is 3.18. The summed E-state index contributed by atoms with van der Waals surface area (Å²) in [7, 11) is 0. The molecule has 0 unspecified atom stereocenters. The van der Waals surface area contributed by atoms with Gasteiger partial charge in [0.05, 0.1) is 23.0 Å². The van der Waals surface area contributed by atoms with Crippen molar-refractivity contribution in [1.29, 1.82) is 0 Å². The van der Waals surface area contributed by atoms with Crippen LogP contribution in [0.3, 0.4) is 0 Å². The molecule has 2 heterocycles. The first-order chi connectivity index (χ1) is 14.9. The molecule has 0 spiro atoms. The van der Waals surface area contributed by atoms with Gasteiger partial charge in [-0.15, -0.1) is 0 Å². The third-order valence-corrected chi connectivity index (χ3v) is 5.20. The maximum atomic E-state index is 13.0. The first-order valence-electron chi connectivity index (χ1n) is 10.3. The average molecular weight is 412 g/mol. The Morgan fingerprint density at radius 1 is 1.03 bits per heavy atom. The lowest BCUT2D eigenvalue weighted by Gasteiger charge is -2.11. The number of amides is 1. The van der Waals surface area contributed by atoms with Crippen molar-refractivity contribution >= 4 is 23.0 Å². The summed E-state index contributed by atoms with van der Waals surface area (Å²) in [5.41, 5.74) is 7.96. The Kier molecular flexibility index (Phi) is 5.67. The van der Waals surface area contributed by atoms with Crippen molar-refractivity contribution in [2.75, 3.05) is 0 Å². The number of fused-ring (bicyclic) bond motifs is 1. The van der Waals surface area contributed by atoms with E-state index in [-0.39, 0.29) is 5.91 Å². The number of nitrogens with one attached hydrogen (secondary N) is 1. The van der Waals surface area contributed by atoms with Gasteiger partial charge >= 0.3 is 0 Å². The number of carbonyl (C=O) groups excluding carboxylic acids is 1. The number of furan rings is 1. The monoisotopic (exact) mass is 411 g/mol. The number of aromatic nitrogens is 1. The predicted octanol–water partition coefficient (Wildman–Crippen LogP) is 6.00. The second-order valence-corrected chi connectivity index (χ2v) is 8.00. The number of nitrogens with zero attached hydrogens (tertiary/aromatic N) is 2. The molecule has 5 heteroatoms. The molecule has 0 saturated heterocycles. The molecule has 156 valence electrons. The summed E-state index contributed by atoms with van der Waals surface area (Å²) >= 11 is 0. The molecule has 0 aliphatic heterocycles. The Morgan fingerprint density at radius 2 is 1.81 bits per heavy atom. The molecule has 4 rings (SSSR count). The van der Waals surface area contributed by atoms with Gasteiger partial charge in [-0.3, -0.25) is 4.79 Å². The Balaban J connectivity index is 1.71. The number of carbonyl (C=O) groups is 1. The van der Waals surface area contributed by atoms with Gasteiger partial charge < -0.3 is 4.42 Å². The van der Waals surface area contributed by atoms with Crippen molar-refractivity contribution in [1.82, 2.24) is 10.4 Å². The van der Waals surface area contributed by atoms with E-state index < -0.39 is 0 Å². The molecule has 31 heavy (non-hydrogen) atoms. The van der Waals surface area contributed by atoms with Crippen LogP contribution >= 0.6 is 0 Å². The highest BCUT2D eigenvalue weighted by atomic mass is 16.3. The van der Waals surface area contributed by atoms with Gasteiger partial charge in [-0.25, -0.2) is 10.4 Å². The van der Waals surface area contributed by atoms with E-state index in [0.29, 0.717) is 17.2 Å². The number of aryl methyl sites for hydroxylation is 2. The molecule has 4 aromatic rings. The second kappa shape index (κ2) is 8.56. The van der Waals surface area contributed by atoms with Crippen molar-refractivity contribution in [3.63, 3.8) is 0 Å². The zero-order valence-electron chi connectivity index (χ0n) is 18.1. The number of hydrazone groups is 1. The predicted molar refractivity (Wildman–Crippen MR) is 125 cm³/mol. The van der Waals surface area contributed by atoms with Gasteiger partial charge in [0.25, 0.3) is 5.91 Å². The molecule has 2 aromatic carbocycles. The molecule has 0 radical (unpaired) electrons. The van der Waals surface area contributed by atoms with Crippen LogP contribution in [0.5, 0.6) is 0 Å². The number of hydrogen-bond acceptors (Lipinski definition) is 4. The number of hydrogen-bond donors (Lipinski definition) is 1. The zero-order chi connectivity index (χ0) is 22.0. The number of rotatable bonds is 5. The smallest absolute Gasteiger partial charge is 0.272 e. The minimum Gasteiger partial charge on any atom is -0.460 e. The molecular weight excluding hydrogens is 386 g/mol. The molecule has 1 N–H and O–H groups in total. The van der Waals surface area contributed by atoms with Crippen LogP contribution in [0.25, 0.3) is 22.2 Å². The van der Waals surface area contributed by atoms with E-state index in [1.165, 1.54) is 11.8 Å². The summed E-state index contributed by atoms with van der Waals surface area (Å²) in [5.74, 6) is 1.53. The van der Waals surface area contributed by atoms with Gasteiger partial charge in [0.2, 0.25) is 0 Å². The highest BCUT2D eigenvalue weighted by Gasteiger charge is 2.14. The molecule has 1 amide bonds. The Bertz CT molecular complexity index is 1270. The molecule has 0 atom stereocenters. The normalized spacial score (nSPS) is 11.5. The fraction of sp³-hybridized carbons (Fsp3) is 0.192. The van der Waals surface area contributed by atoms with Gasteiger partial charge in [0.15, 0.2) is 0 Å². The minimum atomic E-state index is -0.294. The van der Waals surface area contributed by atoms with E-state index in [2.05, 4.69) is 48.6 Å². The van der Waals surface area contributed by atoms with Crippen LogP contribution in [0, 0.1) is 13.8 Å². The van der Waals surface area contributed by atoms with E-state index >= 15 is 0 Å². The zero-order valence-corrected chi connectivity index (χ0v) is 18.1. The lowest BCUT2D eigenvalue weighted by Crippen LogP contribution is -2.18. The van der Waals surface area contributed by atoms with Crippen molar-refractivity contribution < 1.29 is 9.21 Å². The SMILES string of the molecule is Cc1ccc2nc(-c3ccc(C(C)C)cc3)cc(C(=O)N/N=C/c3ccc(C)o3)c2c1. The third kappa shape index (κ3) is 4.56. The van der Waals surface area contributed by atoms with E-state index in [1.54, 1.807) is 6.07 Å². The van der Waals surface area contributed by atoms with Crippen LogP contribution in [0.15, 0.2) is 70.2 Å². The molecule has 0 aliphatic rings. The van der Waals surface area contributed by atoms with Gasteiger partial charge in [0.1, 0.15) is 11.5 Å². The standard InChI is InChI=1S/C26H25N3O2/c1-16(2)19-7-9-20(10-8-19)25-14-23(22-13-17(3)5-12-24(22)28-25)26(30)29-27-15-21-11-6-18(4)31-21/h5-16H,1-4H3,(H,29,30)/b27-15+. The maximum Gasteiger partial charge on any atom is 0.272 e. The van der Waals surface area contributed by atoms with Gasteiger partial charge in [0, 0.05) is 10.9 Å². The molecule has 0 bridgehead atoms. The summed E-state index contributed by atoms with van der Waals surface area (Å²) < 4.78 is 5.45. The first-order valence-corrected chi connectivity index (χ1v) is 10.3. The Hall–Kier alpha value is -3.73.